The SMILES string of the molecule is Oc1ccc2cc(C3CCCCC3)[nH]c2c1. The van der Waals surface area contributed by atoms with Crippen molar-refractivity contribution in [3.63, 3.8) is 0 Å². The Balaban J connectivity index is 1.97. The van der Waals surface area contributed by atoms with Gasteiger partial charge in [0.1, 0.15) is 5.75 Å². The molecular weight excluding hydrogens is 198 g/mol. The van der Waals surface area contributed by atoms with Crippen molar-refractivity contribution in [1.29, 1.82) is 0 Å². The molecule has 0 amide bonds. The fraction of sp³-hybridized carbons (Fsp3) is 0.429. The van der Waals surface area contributed by atoms with E-state index < -0.39 is 0 Å². The Morgan fingerprint density at radius 3 is 2.69 bits per heavy atom. The monoisotopic (exact) mass is 215 g/mol. The van der Waals surface area contributed by atoms with Crippen LogP contribution in [-0.2, 0) is 0 Å². The van der Waals surface area contributed by atoms with E-state index in [0.29, 0.717) is 11.7 Å². The molecule has 2 heteroatoms. The van der Waals surface area contributed by atoms with Crippen molar-refractivity contribution in [3.8, 4) is 5.75 Å². The van der Waals surface area contributed by atoms with E-state index in [1.807, 2.05) is 12.1 Å². The van der Waals surface area contributed by atoms with Gasteiger partial charge in [0.05, 0.1) is 0 Å². The molecule has 1 aliphatic rings. The van der Waals surface area contributed by atoms with E-state index in [2.05, 4.69) is 11.1 Å². The smallest absolute Gasteiger partial charge is 0.117 e. The molecule has 84 valence electrons. The predicted octanol–water partition coefficient (Wildman–Crippen LogP) is 3.92. The molecule has 0 radical (unpaired) electrons. The van der Waals surface area contributed by atoms with Gasteiger partial charge in [-0.2, -0.15) is 0 Å². The van der Waals surface area contributed by atoms with Crippen molar-refractivity contribution in [2.45, 2.75) is 38.0 Å². The van der Waals surface area contributed by atoms with Crippen molar-refractivity contribution in [2.24, 2.45) is 0 Å². The molecule has 0 bridgehead atoms. The molecule has 1 aromatic carbocycles. The van der Waals surface area contributed by atoms with Crippen LogP contribution >= 0.6 is 0 Å². The highest BCUT2D eigenvalue weighted by molar-refractivity contribution is 5.81. The Morgan fingerprint density at radius 1 is 1.06 bits per heavy atom. The third kappa shape index (κ3) is 1.69. The van der Waals surface area contributed by atoms with E-state index in [1.54, 1.807) is 6.07 Å². The number of aromatic nitrogens is 1. The topological polar surface area (TPSA) is 36.0 Å². The van der Waals surface area contributed by atoms with Crippen LogP contribution in [0, 0.1) is 0 Å². The number of phenolic OH excluding ortho intramolecular Hbond substituents is 1. The summed E-state index contributed by atoms with van der Waals surface area (Å²) in [5.41, 5.74) is 2.40. The lowest BCUT2D eigenvalue weighted by Crippen LogP contribution is -2.04. The first kappa shape index (κ1) is 9.76. The minimum atomic E-state index is 0.338. The van der Waals surface area contributed by atoms with Gasteiger partial charge < -0.3 is 10.1 Å². The molecule has 2 N–H and O–H groups in total. The molecule has 1 aromatic heterocycles. The summed E-state index contributed by atoms with van der Waals surface area (Å²) in [6.07, 6.45) is 6.70. The van der Waals surface area contributed by atoms with Gasteiger partial charge in [-0.15, -0.1) is 0 Å². The largest absolute Gasteiger partial charge is 0.508 e. The Kier molecular flexibility index (Phi) is 2.35. The first-order valence-electron chi connectivity index (χ1n) is 6.14. The second-order valence-electron chi connectivity index (χ2n) is 4.83. The normalized spacial score (nSPS) is 18.0. The van der Waals surface area contributed by atoms with Crippen LogP contribution in [0.25, 0.3) is 10.9 Å². The average molecular weight is 215 g/mol. The van der Waals surface area contributed by atoms with Crippen molar-refractivity contribution < 1.29 is 5.11 Å². The summed E-state index contributed by atoms with van der Waals surface area (Å²) in [6, 6.07) is 7.78. The number of rotatable bonds is 1. The molecule has 2 nitrogen and oxygen atoms in total. The van der Waals surface area contributed by atoms with Crippen molar-refractivity contribution in [1.82, 2.24) is 4.98 Å². The quantitative estimate of drug-likeness (QED) is 0.743. The Morgan fingerprint density at radius 2 is 1.88 bits per heavy atom. The third-order valence-corrected chi connectivity index (χ3v) is 3.67. The Hall–Kier alpha value is -1.44. The van der Waals surface area contributed by atoms with Crippen LogP contribution < -0.4 is 0 Å². The number of benzene rings is 1. The van der Waals surface area contributed by atoms with Crippen LogP contribution in [0.2, 0.25) is 0 Å². The van der Waals surface area contributed by atoms with Gasteiger partial charge in [-0.25, -0.2) is 0 Å². The summed E-state index contributed by atoms with van der Waals surface area (Å²) in [5, 5.41) is 10.6. The molecule has 1 aliphatic carbocycles. The number of H-pyrrole nitrogens is 1. The lowest BCUT2D eigenvalue weighted by atomic mass is 9.87. The number of aromatic hydroxyl groups is 1. The Labute approximate surface area is 95.3 Å². The maximum absolute atomic E-state index is 9.43. The van der Waals surface area contributed by atoms with E-state index in [0.717, 1.165) is 5.52 Å². The second kappa shape index (κ2) is 3.85. The van der Waals surface area contributed by atoms with Crippen LogP contribution in [0.1, 0.15) is 43.7 Å². The molecule has 1 heterocycles. The van der Waals surface area contributed by atoms with Crippen molar-refractivity contribution >= 4 is 10.9 Å². The van der Waals surface area contributed by atoms with Gasteiger partial charge in [-0.3, -0.25) is 0 Å². The highest BCUT2D eigenvalue weighted by atomic mass is 16.3. The van der Waals surface area contributed by atoms with Crippen LogP contribution in [0.3, 0.4) is 0 Å². The maximum atomic E-state index is 9.43. The number of phenols is 1. The number of aromatic amines is 1. The summed E-state index contributed by atoms with van der Waals surface area (Å²) in [5.74, 6) is 1.04. The summed E-state index contributed by atoms with van der Waals surface area (Å²) < 4.78 is 0. The predicted molar refractivity (Wildman–Crippen MR) is 65.8 cm³/mol. The summed E-state index contributed by atoms with van der Waals surface area (Å²) >= 11 is 0. The zero-order valence-electron chi connectivity index (χ0n) is 9.37. The van der Waals surface area contributed by atoms with Crippen LogP contribution in [0.4, 0.5) is 0 Å². The Bertz CT molecular complexity index is 494. The average Bonchev–Trinajstić information content (AvgIpc) is 2.73. The number of hydrogen-bond acceptors (Lipinski definition) is 1. The van der Waals surface area contributed by atoms with Gasteiger partial charge in [0.2, 0.25) is 0 Å². The first-order valence-corrected chi connectivity index (χ1v) is 6.14. The molecule has 0 atom stereocenters. The highest BCUT2D eigenvalue weighted by Gasteiger charge is 2.17. The van der Waals surface area contributed by atoms with Crippen molar-refractivity contribution in [2.75, 3.05) is 0 Å². The zero-order chi connectivity index (χ0) is 11.0. The van der Waals surface area contributed by atoms with E-state index in [1.165, 1.54) is 43.2 Å². The molecule has 0 unspecified atom stereocenters. The lowest BCUT2D eigenvalue weighted by Gasteiger charge is -2.20. The minimum absolute atomic E-state index is 0.338. The first-order chi connectivity index (χ1) is 7.83. The van der Waals surface area contributed by atoms with Crippen LogP contribution in [-0.4, -0.2) is 10.1 Å². The van der Waals surface area contributed by atoms with Crippen LogP contribution in [0.5, 0.6) is 5.75 Å². The van der Waals surface area contributed by atoms with Gasteiger partial charge in [-0.1, -0.05) is 19.3 Å². The highest BCUT2D eigenvalue weighted by Crippen LogP contribution is 2.34. The fourth-order valence-electron chi connectivity index (χ4n) is 2.77. The number of fused-ring (bicyclic) bond motifs is 1. The molecular formula is C14H17NO. The minimum Gasteiger partial charge on any atom is -0.508 e. The lowest BCUT2D eigenvalue weighted by molar-refractivity contribution is 0.438. The molecule has 1 saturated carbocycles. The van der Waals surface area contributed by atoms with Gasteiger partial charge in [0.15, 0.2) is 0 Å². The fourth-order valence-corrected chi connectivity index (χ4v) is 2.77. The number of hydrogen-bond donors (Lipinski definition) is 2. The molecule has 1 fully saturated rings. The van der Waals surface area contributed by atoms with Gasteiger partial charge in [-0.05, 0) is 42.3 Å². The van der Waals surface area contributed by atoms with E-state index >= 15 is 0 Å². The third-order valence-electron chi connectivity index (χ3n) is 3.67. The van der Waals surface area contributed by atoms with Crippen molar-refractivity contribution in [3.05, 3.63) is 30.0 Å². The summed E-state index contributed by atoms with van der Waals surface area (Å²) in [6.45, 7) is 0. The van der Waals surface area contributed by atoms with Crippen LogP contribution in [0.15, 0.2) is 24.3 Å². The summed E-state index contributed by atoms with van der Waals surface area (Å²) in [7, 11) is 0. The van der Waals surface area contributed by atoms with Gasteiger partial charge >= 0.3 is 0 Å². The number of nitrogens with one attached hydrogen (secondary N) is 1. The van der Waals surface area contributed by atoms with E-state index in [4.69, 9.17) is 0 Å². The molecule has 0 aliphatic heterocycles. The van der Waals surface area contributed by atoms with Gasteiger partial charge in [0, 0.05) is 17.3 Å². The molecule has 16 heavy (non-hydrogen) atoms. The van der Waals surface area contributed by atoms with Gasteiger partial charge in [0.25, 0.3) is 0 Å². The van der Waals surface area contributed by atoms with E-state index in [-0.39, 0.29) is 0 Å². The van der Waals surface area contributed by atoms with E-state index in [9.17, 15) is 5.11 Å². The molecule has 3 rings (SSSR count). The summed E-state index contributed by atoms with van der Waals surface area (Å²) in [4.78, 5) is 3.45. The molecule has 0 saturated heterocycles. The molecule has 2 aromatic rings. The maximum Gasteiger partial charge on any atom is 0.117 e. The molecule has 0 spiro atoms. The second-order valence-corrected chi connectivity index (χ2v) is 4.83. The standard InChI is InChI=1S/C14H17NO/c16-12-7-6-11-8-13(15-14(11)9-12)10-4-2-1-3-5-10/h6-10,15-16H,1-5H2. The zero-order valence-corrected chi connectivity index (χ0v) is 9.37.